The van der Waals surface area contributed by atoms with Crippen molar-refractivity contribution in [3.8, 4) is 55.6 Å². The van der Waals surface area contributed by atoms with Gasteiger partial charge in [0.1, 0.15) is 11.2 Å². The molecule has 0 bridgehead atoms. The molecule has 9 aromatic carbocycles. The molecule has 1 aromatic heterocycles. The van der Waals surface area contributed by atoms with Crippen molar-refractivity contribution in [2.45, 2.75) is 38.5 Å². The Morgan fingerprint density at radius 1 is 0.306 bits per heavy atom. The molecule has 0 atom stereocenters. The Morgan fingerprint density at radius 2 is 0.758 bits per heavy atom. The van der Waals surface area contributed by atoms with Gasteiger partial charge < -0.3 is 9.32 Å². The average Bonchev–Trinajstić information content (AvgIpc) is 3.88. The van der Waals surface area contributed by atoms with E-state index < -0.39 is 0 Å². The molecule has 0 amide bonds. The molecule has 2 nitrogen and oxygen atoms in total. The fourth-order valence-electron chi connectivity index (χ4n) is 10.6. The van der Waals surface area contributed by atoms with Crippen molar-refractivity contribution < 1.29 is 4.42 Å². The third kappa shape index (κ3) is 5.49. The number of para-hydroxylation sites is 1. The average molecular weight is 796 g/mol. The molecule has 0 unspecified atom stereocenters. The third-order valence-electron chi connectivity index (χ3n) is 13.9. The molecule has 10 aromatic rings. The minimum Gasteiger partial charge on any atom is -0.456 e. The molecule has 62 heavy (non-hydrogen) atoms. The molecule has 1 heterocycles. The summed E-state index contributed by atoms with van der Waals surface area (Å²) in [6.45, 7) is 9.50. The second-order valence-electron chi connectivity index (χ2n) is 18.1. The van der Waals surface area contributed by atoms with Crippen LogP contribution in [-0.4, -0.2) is 0 Å². The number of hydrogen-bond acceptors (Lipinski definition) is 2. The summed E-state index contributed by atoms with van der Waals surface area (Å²) in [5.41, 5.74) is 22.9. The summed E-state index contributed by atoms with van der Waals surface area (Å²) in [6, 6.07) is 73.7. The molecule has 2 aliphatic carbocycles. The van der Waals surface area contributed by atoms with Crippen molar-refractivity contribution in [1.29, 1.82) is 0 Å². The first kappa shape index (κ1) is 36.4. The normalized spacial score (nSPS) is 14.1. The fraction of sp³-hybridized carbons (Fsp3) is 0.100. The smallest absolute Gasteiger partial charge is 0.135 e. The number of fused-ring (bicyclic) bond motifs is 9. The van der Waals surface area contributed by atoms with Gasteiger partial charge in [-0.1, -0.05) is 167 Å². The monoisotopic (exact) mass is 795 g/mol. The molecule has 0 saturated heterocycles. The van der Waals surface area contributed by atoms with Gasteiger partial charge in [-0.15, -0.1) is 0 Å². The van der Waals surface area contributed by atoms with Gasteiger partial charge in [0.25, 0.3) is 0 Å². The van der Waals surface area contributed by atoms with Crippen LogP contribution in [0.1, 0.15) is 49.9 Å². The van der Waals surface area contributed by atoms with Crippen LogP contribution in [0.4, 0.5) is 17.1 Å². The summed E-state index contributed by atoms with van der Waals surface area (Å²) in [5.74, 6) is 0. The highest BCUT2D eigenvalue weighted by Crippen LogP contribution is 2.54. The molecule has 0 fully saturated rings. The minimum atomic E-state index is -0.221. The Hall–Kier alpha value is -7.42. The molecule has 0 radical (unpaired) electrons. The molecule has 2 aliphatic rings. The maximum atomic E-state index is 6.18. The molecular weight excluding hydrogens is 751 g/mol. The molecule has 0 aliphatic heterocycles. The molecule has 2 heteroatoms. The standard InChI is InChI=1S/C60H45NO/c1-59(2)53-20-12-10-18-47(53)49-31-28-43(36-55(49)59)61(42-26-22-39(23-27-42)46-17-9-8-16-45(46)38-14-6-5-7-15-38)44-29-32-50-48-30-24-41(35-54(48)60(3,4)56(50)37-44)40-25-33-58-52(34-40)51-19-11-13-21-57(51)62-58/h5-37H,1-4H3. The first-order valence-corrected chi connectivity index (χ1v) is 21.7. The Labute approximate surface area is 363 Å². The van der Waals surface area contributed by atoms with E-state index in [-0.39, 0.29) is 10.8 Å². The van der Waals surface area contributed by atoms with E-state index in [9.17, 15) is 0 Å². The van der Waals surface area contributed by atoms with Crippen LogP contribution < -0.4 is 4.90 Å². The Bertz CT molecular complexity index is 3400. The maximum Gasteiger partial charge on any atom is 0.135 e. The van der Waals surface area contributed by atoms with Gasteiger partial charge in [-0.25, -0.2) is 0 Å². The zero-order chi connectivity index (χ0) is 41.7. The molecule has 0 spiro atoms. The maximum absolute atomic E-state index is 6.18. The summed E-state index contributed by atoms with van der Waals surface area (Å²) >= 11 is 0. The summed E-state index contributed by atoms with van der Waals surface area (Å²) in [7, 11) is 0. The summed E-state index contributed by atoms with van der Waals surface area (Å²) in [6.07, 6.45) is 0. The van der Waals surface area contributed by atoms with Gasteiger partial charge in [0.2, 0.25) is 0 Å². The van der Waals surface area contributed by atoms with Gasteiger partial charge in [-0.05, 0) is 139 Å². The van der Waals surface area contributed by atoms with Gasteiger partial charge in [-0.2, -0.15) is 0 Å². The van der Waals surface area contributed by atoms with Gasteiger partial charge >= 0.3 is 0 Å². The summed E-state index contributed by atoms with van der Waals surface area (Å²) < 4.78 is 6.18. The number of nitrogens with zero attached hydrogens (tertiary/aromatic N) is 1. The van der Waals surface area contributed by atoms with Gasteiger partial charge in [-0.3, -0.25) is 0 Å². The molecular formula is C60H45NO. The van der Waals surface area contributed by atoms with Crippen molar-refractivity contribution in [2.24, 2.45) is 0 Å². The van der Waals surface area contributed by atoms with Crippen LogP contribution in [0.5, 0.6) is 0 Å². The largest absolute Gasteiger partial charge is 0.456 e. The van der Waals surface area contributed by atoms with E-state index >= 15 is 0 Å². The van der Waals surface area contributed by atoms with E-state index in [1.807, 2.05) is 12.1 Å². The Balaban J connectivity index is 0.967. The quantitative estimate of drug-likeness (QED) is 0.167. The van der Waals surface area contributed by atoms with E-state index in [2.05, 4.69) is 221 Å². The lowest BCUT2D eigenvalue weighted by Crippen LogP contribution is -2.18. The third-order valence-corrected chi connectivity index (χ3v) is 13.9. The molecule has 0 N–H and O–H groups in total. The van der Waals surface area contributed by atoms with E-state index in [1.54, 1.807) is 0 Å². The highest BCUT2D eigenvalue weighted by Gasteiger charge is 2.38. The number of benzene rings is 9. The highest BCUT2D eigenvalue weighted by molar-refractivity contribution is 6.06. The lowest BCUT2D eigenvalue weighted by atomic mass is 9.81. The van der Waals surface area contributed by atoms with Crippen molar-refractivity contribution in [2.75, 3.05) is 4.90 Å². The number of hydrogen-bond donors (Lipinski definition) is 0. The van der Waals surface area contributed by atoms with Crippen molar-refractivity contribution in [1.82, 2.24) is 0 Å². The summed E-state index contributed by atoms with van der Waals surface area (Å²) in [5, 5.41) is 2.30. The second-order valence-corrected chi connectivity index (χ2v) is 18.1. The zero-order valence-electron chi connectivity index (χ0n) is 35.4. The second kappa shape index (κ2) is 13.5. The molecule has 12 rings (SSSR count). The minimum absolute atomic E-state index is 0.118. The first-order valence-electron chi connectivity index (χ1n) is 21.7. The van der Waals surface area contributed by atoms with Gasteiger partial charge in [0, 0.05) is 38.7 Å². The Morgan fingerprint density at radius 3 is 1.45 bits per heavy atom. The number of anilines is 3. The van der Waals surface area contributed by atoms with Crippen LogP contribution in [0.15, 0.2) is 205 Å². The van der Waals surface area contributed by atoms with E-state index in [0.29, 0.717) is 0 Å². The van der Waals surface area contributed by atoms with Gasteiger partial charge in [0.05, 0.1) is 0 Å². The number of rotatable bonds is 6. The van der Waals surface area contributed by atoms with Crippen molar-refractivity contribution >= 4 is 39.0 Å². The van der Waals surface area contributed by atoms with Crippen LogP contribution in [-0.2, 0) is 10.8 Å². The fourth-order valence-corrected chi connectivity index (χ4v) is 10.6. The predicted molar refractivity (Wildman–Crippen MR) is 260 cm³/mol. The van der Waals surface area contributed by atoms with E-state index in [4.69, 9.17) is 4.42 Å². The van der Waals surface area contributed by atoms with Crippen LogP contribution in [0.25, 0.3) is 77.6 Å². The first-order chi connectivity index (χ1) is 30.2. The van der Waals surface area contributed by atoms with Gasteiger partial charge in [0.15, 0.2) is 0 Å². The predicted octanol–water partition coefficient (Wildman–Crippen LogP) is 16.7. The highest BCUT2D eigenvalue weighted by atomic mass is 16.3. The summed E-state index contributed by atoms with van der Waals surface area (Å²) in [4.78, 5) is 2.46. The molecule has 0 saturated carbocycles. The topological polar surface area (TPSA) is 16.4 Å². The SMILES string of the molecule is CC1(C)c2ccccc2-c2ccc(N(c3ccc(-c4ccccc4-c4ccccc4)cc3)c3ccc4c(c3)C(C)(C)c3cc(-c5ccc6oc7ccccc7c6c5)ccc3-4)cc21. The lowest BCUT2D eigenvalue weighted by Gasteiger charge is -2.30. The lowest BCUT2D eigenvalue weighted by molar-refractivity contribution is 0.660. The van der Waals surface area contributed by atoms with Crippen LogP contribution in [0, 0.1) is 0 Å². The van der Waals surface area contributed by atoms with Crippen molar-refractivity contribution in [3.63, 3.8) is 0 Å². The van der Waals surface area contributed by atoms with Crippen LogP contribution in [0.3, 0.4) is 0 Å². The zero-order valence-corrected chi connectivity index (χ0v) is 35.4. The van der Waals surface area contributed by atoms with Crippen LogP contribution in [0.2, 0.25) is 0 Å². The van der Waals surface area contributed by atoms with Crippen LogP contribution >= 0.6 is 0 Å². The number of furan rings is 1. The van der Waals surface area contributed by atoms with E-state index in [0.717, 1.165) is 39.0 Å². The molecule has 296 valence electrons. The Kier molecular flexibility index (Phi) is 7.96. The van der Waals surface area contributed by atoms with Crippen molar-refractivity contribution in [3.05, 3.63) is 222 Å². The van der Waals surface area contributed by atoms with E-state index in [1.165, 1.54) is 77.9 Å².